The molecular weight excluding hydrogens is 248 g/mol. The lowest BCUT2D eigenvalue weighted by atomic mass is 9.96. The summed E-state index contributed by atoms with van der Waals surface area (Å²) in [6.07, 6.45) is -0.530. The Morgan fingerprint density at radius 2 is 1.68 bits per heavy atom. The van der Waals surface area contributed by atoms with Gasteiger partial charge in [-0.1, -0.05) is 42.5 Å². The molecule has 4 heteroatoms. The first-order valence-electron chi connectivity index (χ1n) is 5.92. The average molecular weight is 263 g/mol. The Morgan fingerprint density at radius 3 is 2.32 bits per heavy atom. The minimum Gasteiger partial charge on any atom is -0.375 e. The predicted molar refractivity (Wildman–Crippen MR) is 69.5 cm³/mol. The van der Waals surface area contributed by atoms with Gasteiger partial charge in [-0.05, 0) is 11.6 Å². The summed E-state index contributed by atoms with van der Waals surface area (Å²) < 4.78 is 32.3. The summed E-state index contributed by atoms with van der Waals surface area (Å²) >= 11 is 0. The van der Waals surface area contributed by atoms with Gasteiger partial charge in [-0.3, -0.25) is 0 Å². The van der Waals surface area contributed by atoms with E-state index in [9.17, 15) is 8.78 Å². The lowest BCUT2D eigenvalue weighted by Crippen LogP contribution is -2.22. The van der Waals surface area contributed by atoms with Crippen molar-refractivity contribution in [2.75, 3.05) is 7.11 Å². The van der Waals surface area contributed by atoms with E-state index in [0.29, 0.717) is 0 Å². The zero-order chi connectivity index (χ0) is 13.8. The summed E-state index contributed by atoms with van der Waals surface area (Å²) in [5.74, 6) is -1.83. The molecule has 0 aromatic heterocycles. The molecule has 0 saturated heterocycles. The molecule has 0 bridgehead atoms. The summed E-state index contributed by atoms with van der Waals surface area (Å²) in [4.78, 5) is 0. The summed E-state index contributed by atoms with van der Waals surface area (Å²) in [7, 11) is 1.49. The van der Waals surface area contributed by atoms with Crippen molar-refractivity contribution in [3.05, 3.63) is 71.3 Å². The van der Waals surface area contributed by atoms with E-state index in [1.807, 2.05) is 30.3 Å². The van der Waals surface area contributed by atoms with Crippen molar-refractivity contribution < 1.29 is 13.5 Å². The van der Waals surface area contributed by atoms with Crippen LogP contribution >= 0.6 is 0 Å². The zero-order valence-electron chi connectivity index (χ0n) is 10.5. The fraction of sp³-hybridized carbons (Fsp3) is 0.200. The Morgan fingerprint density at radius 1 is 1.00 bits per heavy atom. The summed E-state index contributed by atoms with van der Waals surface area (Å²) in [5.41, 5.74) is 6.95. The number of hydrogen-bond acceptors (Lipinski definition) is 2. The largest absolute Gasteiger partial charge is 0.375 e. The minimum absolute atomic E-state index is 0.107. The van der Waals surface area contributed by atoms with E-state index in [4.69, 9.17) is 10.5 Å². The van der Waals surface area contributed by atoms with Gasteiger partial charge in [0.15, 0.2) is 11.6 Å². The molecule has 2 N–H and O–H groups in total. The Labute approximate surface area is 110 Å². The molecule has 2 rings (SSSR count). The molecule has 2 aromatic carbocycles. The molecule has 2 unspecified atom stereocenters. The number of nitrogens with two attached hydrogens (primary N) is 1. The molecule has 0 aliphatic carbocycles. The molecule has 0 heterocycles. The third-order valence-electron chi connectivity index (χ3n) is 3.05. The second-order valence-corrected chi connectivity index (χ2v) is 4.24. The van der Waals surface area contributed by atoms with E-state index in [0.717, 1.165) is 11.6 Å². The molecule has 0 amide bonds. The maximum atomic E-state index is 13.8. The van der Waals surface area contributed by atoms with Gasteiger partial charge in [-0.15, -0.1) is 0 Å². The van der Waals surface area contributed by atoms with E-state index in [-0.39, 0.29) is 5.56 Å². The second kappa shape index (κ2) is 5.91. The zero-order valence-corrected chi connectivity index (χ0v) is 10.5. The van der Waals surface area contributed by atoms with Gasteiger partial charge in [-0.25, -0.2) is 8.78 Å². The molecule has 19 heavy (non-hydrogen) atoms. The standard InChI is InChI=1S/C15H15F2NO/c1-19-15(10-6-3-2-4-7-10)14(18)11-8-5-9-12(16)13(11)17/h2-9,14-15H,18H2,1H3. The highest BCUT2D eigenvalue weighted by Gasteiger charge is 2.24. The van der Waals surface area contributed by atoms with Crippen molar-refractivity contribution >= 4 is 0 Å². The van der Waals surface area contributed by atoms with Gasteiger partial charge in [-0.2, -0.15) is 0 Å². The maximum absolute atomic E-state index is 13.8. The van der Waals surface area contributed by atoms with E-state index >= 15 is 0 Å². The topological polar surface area (TPSA) is 35.2 Å². The van der Waals surface area contributed by atoms with Crippen LogP contribution in [0.1, 0.15) is 23.3 Å². The van der Waals surface area contributed by atoms with E-state index in [1.165, 1.54) is 19.2 Å². The lowest BCUT2D eigenvalue weighted by molar-refractivity contribution is 0.0789. The number of halogens is 2. The molecular formula is C15H15F2NO. The van der Waals surface area contributed by atoms with Crippen LogP contribution in [0.2, 0.25) is 0 Å². The van der Waals surface area contributed by atoms with Crippen LogP contribution in [-0.4, -0.2) is 7.11 Å². The highest BCUT2D eigenvalue weighted by molar-refractivity contribution is 5.27. The molecule has 0 radical (unpaired) electrons. The van der Waals surface area contributed by atoms with Gasteiger partial charge < -0.3 is 10.5 Å². The summed E-state index contributed by atoms with van der Waals surface area (Å²) in [6.45, 7) is 0. The highest BCUT2D eigenvalue weighted by atomic mass is 19.2. The van der Waals surface area contributed by atoms with Crippen LogP contribution in [0, 0.1) is 11.6 Å². The van der Waals surface area contributed by atoms with Crippen LogP contribution in [0.15, 0.2) is 48.5 Å². The van der Waals surface area contributed by atoms with Crippen LogP contribution in [0.25, 0.3) is 0 Å². The van der Waals surface area contributed by atoms with Crippen molar-refractivity contribution in [1.82, 2.24) is 0 Å². The number of rotatable bonds is 4. The third kappa shape index (κ3) is 2.80. The number of methoxy groups -OCH3 is 1. The maximum Gasteiger partial charge on any atom is 0.163 e. The first-order chi connectivity index (χ1) is 9.15. The minimum atomic E-state index is -0.923. The Balaban J connectivity index is 2.36. The summed E-state index contributed by atoms with van der Waals surface area (Å²) in [5, 5.41) is 0. The fourth-order valence-corrected chi connectivity index (χ4v) is 2.07. The molecule has 2 aromatic rings. The van der Waals surface area contributed by atoms with Gasteiger partial charge >= 0.3 is 0 Å². The number of benzene rings is 2. The number of hydrogen-bond donors (Lipinski definition) is 1. The lowest BCUT2D eigenvalue weighted by Gasteiger charge is -2.23. The quantitative estimate of drug-likeness (QED) is 0.918. The van der Waals surface area contributed by atoms with Crippen LogP contribution in [0.4, 0.5) is 8.78 Å². The second-order valence-electron chi connectivity index (χ2n) is 4.24. The van der Waals surface area contributed by atoms with Gasteiger partial charge in [0, 0.05) is 12.7 Å². The molecule has 0 spiro atoms. The van der Waals surface area contributed by atoms with Gasteiger partial charge in [0.2, 0.25) is 0 Å². The van der Waals surface area contributed by atoms with Crippen molar-refractivity contribution in [3.63, 3.8) is 0 Å². The van der Waals surface area contributed by atoms with Crippen molar-refractivity contribution in [1.29, 1.82) is 0 Å². The average Bonchev–Trinajstić information content (AvgIpc) is 2.44. The molecule has 2 atom stereocenters. The van der Waals surface area contributed by atoms with Gasteiger partial charge in [0.05, 0.1) is 6.04 Å². The van der Waals surface area contributed by atoms with E-state index in [2.05, 4.69) is 0 Å². The molecule has 0 aliphatic rings. The Kier molecular flexibility index (Phi) is 4.24. The first-order valence-corrected chi connectivity index (χ1v) is 5.92. The van der Waals surface area contributed by atoms with Crippen LogP contribution < -0.4 is 5.73 Å². The molecule has 2 nitrogen and oxygen atoms in total. The molecule has 0 saturated carbocycles. The highest BCUT2D eigenvalue weighted by Crippen LogP contribution is 2.31. The van der Waals surface area contributed by atoms with Crippen LogP contribution in [0.5, 0.6) is 0 Å². The normalized spacial score (nSPS) is 14.1. The van der Waals surface area contributed by atoms with Crippen molar-refractivity contribution in [3.8, 4) is 0 Å². The van der Waals surface area contributed by atoms with Gasteiger partial charge in [0.25, 0.3) is 0 Å². The van der Waals surface area contributed by atoms with Crippen molar-refractivity contribution in [2.45, 2.75) is 12.1 Å². The Bertz CT molecular complexity index is 545. The van der Waals surface area contributed by atoms with E-state index < -0.39 is 23.8 Å². The molecule has 0 fully saturated rings. The molecule has 0 aliphatic heterocycles. The summed E-state index contributed by atoms with van der Waals surface area (Å²) in [6, 6.07) is 12.4. The SMILES string of the molecule is COC(c1ccccc1)C(N)c1cccc(F)c1F. The number of ether oxygens (including phenoxy) is 1. The van der Waals surface area contributed by atoms with Crippen LogP contribution in [0.3, 0.4) is 0 Å². The van der Waals surface area contributed by atoms with Crippen molar-refractivity contribution in [2.24, 2.45) is 5.73 Å². The van der Waals surface area contributed by atoms with Crippen LogP contribution in [-0.2, 0) is 4.74 Å². The smallest absolute Gasteiger partial charge is 0.163 e. The predicted octanol–water partition coefficient (Wildman–Crippen LogP) is 3.35. The fourth-order valence-electron chi connectivity index (χ4n) is 2.07. The first kappa shape index (κ1) is 13.6. The van der Waals surface area contributed by atoms with E-state index in [1.54, 1.807) is 0 Å². The monoisotopic (exact) mass is 263 g/mol. The molecule has 100 valence electrons. The Hall–Kier alpha value is -1.78. The third-order valence-corrected chi connectivity index (χ3v) is 3.05. The van der Waals surface area contributed by atoms with Gasteiger partial charge in [0.1, 0.15) is 6.10 Å².